The topological polar surface area (TPSA) is 227 Å². The van der Waals surface area contributed by atoms with Crippen LogP contribution in [0.4, 0.5) is 0 Å². The molecular formula is C18H37NO14P+2. The molecule has 0 amide bonds. The zero-order valence-electron chi connectivity index (χ0n) is 19.2. The first-order valence-electron chi connectivity index (χ1n) is 11.1. The quantitative estimate of drug-likeness (QED) is 0.0571. The summed E-state index contributed by atoms with van der Waals surface area (Å²) < 4.78 is 38.6. The van der Waals surface area contributed by atoms with Crippen LogP contribution in [-0.2, 0) is 27.9 Å². The van der Waals surface area contributed by atoms with E-state index in [1.165, 1.54) is 0 Å². The molecule has 0 bridgehead atoms. The van der Waals surface area contributed by atoms with Gasteiger partial charge in [-0.2, -0.15) is 4.65 Å². The molecule has 2 heterocycles. The van der Waals surface area contributed by atoms with Crippen molar-refractivity contribution < 1.29 is 73.2 Å². The number of hydrogen-bond donors (Lipinski definition) is 8. The van der Waals surface area contributed by atoms with E-state index >= 15 is 0 Å². The summed E-state index contributed by atoms with van der Waals surface area (Å²) in [6.45, 7) is 4.70. The van der Waals surface area contributed by atoms with E-state index in [2.05, 4.69) is 0 Å². The lowest BCUT2D eigenvalue weighted by molar-refractivity contribution is -1.08. The second kappa shape index (κ2) is 12.3. The summed E-state index contributed by atoms with van der Waals surface area (Å²) in [6.07, 6.45) is -17.0. The first-order chi connectivity index (χ1) is 15.9. The Bertz CT molecular complexity index is 671. The average Bonchev–Trinajstić information content (AvgIpc) is 2.82. The smallest absolute Gasteiger partial charge is 0.394 e. The molecule has 0 aromatic carbocycles. The molecule has 0 aromatic heterocycles. The van der Waals surface area contributed by atoms with Gasteiger partial charge >= 0.3 is 14.1 Å². The van der Waals surface area contributed by atoms with Crippen LogP contribution >= 0.6 is 7.82 Å². The fourth-order valence-electron chi connectivity index (χ4n) is 3.86. The number of aliphatic hydroxyl groups is 7. The third-order valence-electron chi connectivity index (χ3n) is 6.20. The van der Waals surface area contributed by atoms with Gasteiger partial charge in [0.25, 0.3) is 6.10 Å². The normalized spacial score (nSPS) is 41.3. The first kappa shape index (κ1) is 29.9. The maximum atomic E-state index is 12.6. The van der Waals surface area contributed by atoms with Gasteiger partial charge in [-0.1, -0.05) is 4.62 Å². The number of nitrogens with zero attached hydrogens (tertiary/aromatic N) is 1. The van der Waals surface area contributed by atoms with Crippen LogP contribution in [0.5, 0.6) is 0 Å². The molecule has 16 heteroatoms. The molecule has 2 aliphatic heterocycles. The number of quaternary nitrogens is 1. The summed E-state index contributed by atoms with van der Waals surface area (Å²) in [5, 5.41) is 70.0. The Morgan fingerprint density at radius 1 is 0.882 bits per heavy atom. The van der Waals surface area contributed by atoms with Crippen LogP contribution in [0.1, 0.15) is 20.8 Å². The molecule has 15 nitrogen and oxygen atoms in total. The van der Waals surface area contributed by atoms with Crippen LogP contribution in [0, 0.1) is 0 Å². The highest BCUT2D eigenvalue weighted by molar-refractivity contribution is 7.47. The molecule has 2 rings (SSSR count). The third-order valence-corrected chi connectivity index (χ3v) is 7.23. The van der Waals surface area contributed by atoms with Crippen molar-refractivity contribution in [1.82, 2.24) is 0 Å². The van der Waals surface area contributed by atoms with E-state index in [0.717, 1.165) is 0 Å². The lowest BCUT2D eigenvalue weighted by Gasteiger charge is -2.43. The van der Waals surface area contributed by atoms with Crippen molar-refractivity contribution in [3.63, 3.8) is 0 Å². The summed E-state index contributed by atoms with van der Waals surface area (Å²) in [6, 6.07) is 0. The van der Waals surface area contributed by atoms with Crippen molar-refractivity contribution in [2.24, 2.45) is 0 Å². The van der Waals surface area contributed by atoms with Crippen LogP contribution in [0.25, 0.3) is 0 Å². The maximum absolute atomic E-state index is 12.6. The molecule has 201 valence electrons. The molecule has 0 saturated carbocycles. The third kappa shape index (κ3) is 6.51. The molecule has 1 radical (unpaired) electrons. The van der Waals surface area contributed by atoms with Crippen molar-refractivity contribution in [3.05, 3.63) is 0 Å². The number of phosphoric acid groups is 1. The van der Waals surface area contributed by atoms with Gasteiger partial charge in [0.2, 0.25) is 0 Å². The van der Waals surface area contributed by atoms with Gasteiger partial charge < -0.3 is 40.5 Å². The number of phosphoric ester groups is 1. The molecule has 8 N–H and O–H groups in total. The van der Waals surface area contributed by atoms with Gasteiger partial charge in [-0.05, 0) is 20.8 Å². The van der Waals surface area contributed by atoms with E-state index in [4.69, 9.17) is 23.4 Å². The van der Waals surface area contributed by atoms with Crippen LogP contribution in [-0.4, -0.2) is 140 Å². The highest BCUT2D eigenvalue weighted by Gasteiger charge is 2.57. The Labute approximate surface area is 196 Å². The predicted octanol–water partition coefficient (Wildman–Crippen LogP) is -3.46. The summed E-state index contributed by atoms with van der Waals surface area (Å²) in [5.74, 6) is 0. The van der Waals surface area contributed by atoms with Crippen molar-refractivity contribution >= 4 is 7.82 Å². The molecule has 2 aliphatic rings. The molecule has 1 unspecified atom stereocenters. The van der Waals surface area contributed by atoms with Gasteiger partial charge in [0, 0.05) is 0 Å². The molecule has 2 saturated heterocycles. The Kier molecular flexibility index (Phi) is 10.8. The Morgan fingerprint density at radius 2 is 1.47 bits per heavy atom. The highest BCUT2D eigenvalue weighted by atomic mass is 31.2. The van der Waals surface area contributed by atoms with Crippen molar-refractivity contribution in [1.29, 1.82) is 0 Å². The van der Waals surface area contributed by atoms with Gasteiger partial charge in [0.15, 0.2) is 18.5 Å². The maximum Gasteiger partial charge on any atom is 0.520 e. The van der Waals surface area contributed by atoms with Gasteiger partial charge in [-0.25, -0.2) is 4.57 Å². The minimum atomic E-state index is -4.82. The largest absolute Gasteiger partial charge is 0.520 e. The molecular weight excluding hydrogens is 485 g/mol. The van der Waals surface area contributed by atoms with Gasteiger partial charge in [0.05, 0.1) is 6.61 Å². The van der Waals surface area contributed by atoms with Crippen LogP contribution in [0.3, 0.4) is 0 Å². The van der Waals surface area contributed by atoms with Crippen LogP contribution in [0.2, 0.25) is 0 Å². The van der Waals surface area contributed by atoms with E-state index in [1.807, 2.05) is 0 Å². The minimum absolute atomic E-state index is 0.231. The summed E-state index contributed by atoms with van der Waals surface area (Å²) in [4.78, 5) is 10.2. The fraction of sp³-hybridized carbons (Fsp3) is 1.00. The SMILES string of the molecule is CC[N+](CC)(CC)OP(=O)(O)O[C@H]1O[C@H](CO)[C@@H](O[C@@H]2[O+][C@H](CO)[C@H](O)[C@H](O)[C@H]2O)[C@H](O)[C@H]1O. The van der Waals surface area contributed by atoms with Crippen molar-refractivity contribution in [3.8, 4) is 0 Å². The minimum Gasteiger partial charge on any atom is -0.394 e. The first-order valence-corrected chi connectivity index (χ1v) is 12.6. The van der Waals surface area contributed by atoms with Crippen LogP contribution in [0.15, 0.2) is 0 Å². The zero-order chi connectivity index (χ0) is 25.8. The lowest BCUT2D eigenvalue weighted by Crippen LogP contribution is -2.64. The monoisotopic (exact) mass is 522 g/mol. The Balaban J connectivity index is 2.14. The average molecular weight is 522 g/mol. The summed E-state index contributed by atoms with van der Waals surface area (Å²) in [5.41, 5.74) is 0. The molecule has 34 heavy (non-hydrogen) atoms. The molecule has 11 atom stereocenters. The summed E-state index contributed by atoms with van der Waals surface area (Å²) >= 11 is 0. The van der Waals surface area contributed by atoms with Crippen LogP contribution < -0.4 is 0 Å². The van der Waals surface area contributed by atoms with Crippen molar-refractivity contribution in [2.75, 3.05) is 32.8 Å². The van der Waals surface area contributed by atoms with Gasteiger partial charge in [-0.3, -0.25) is 14.2 Å². The van der Waals surface area contributed by atoms with E-state index in [9.17, 15) is 45.2 Å². The number of hydroxylamine groups is 3. The molecule has 0 aliphatic carbocycles. The van der Waals surface area contributed by atoms with E-state index < -0.39 is 82.4 Å². The second-order valence-corrected chi connectivity index (χ2v) is 9.48. The van der Waals surface area contributed by atoms with E-state index in [1.54, 1.807) is 20.8 Å². The van der Waals surface area contributed by atoms with Crippen molar-refractivity contribution in [2.45, 2.75) is 82.2 Å². The highest BCUT2D eigenvalue weighted by Crippen LogP contribution is 2.49. The molecule has 0 spiro atoms. The Hall–Kier alpha value is -0.330. The van der Waals surface area contributed by atoms with E-state index in [0.29, 0.717) is 19.6 Å². The fourth-order valence-corrected chi connectivity index (χ4v) is 5.12. The lowest BCUT2D eigenvalue weighted by atomic mass is 9.97. The van der Waals surface area contributed by atoms with Gasteiger partial charge in [0.1, 0.15) is 56.8 Å². The Morgan fingerprint density at radius 3 is 1.97 bits per heavy atom. The molecule has 2 fully saturated rings. The second-order valence-electron chi connectivity index (χ2n) is 8.17. The molecule has 0 aromatic rings. The van der Waals surface area contributed by atoms with Gasteiger partial charge in [-0.15, -0.1) is 4.74 Å². The zero-order valence-corrected chi connectivity index (χ0v) is 20.1. The van der Waals surface area contributed by atoms with E-state index in [-0.39, 0.29) is 4.65 Å². The number of ether oxygens (including phenoxy) is 3. The number of aliphatic hydroxyl groups excluding tert-OH is 7. The predicted molar refractivity (Wildman–Crippen MR) is 110 cm³/mol. The number of hydrogen-bond acceptors (Lipinski definition) is 13. The standard InChI is InChI=1S/C18H36NO14P/c1-4-19(5-2,6-3)33-34(27,28)32-18-15(26)13(24)16(10(8-21)30-18)31-17-14(25)12(23)11(22)9(7-20)29-17/h9-18,20-26H,4-8H2,1-3H3/q+1/p+1/t9-,10-,11+,12+,13-,14-,15-,16-,17+,18-/m1/s1. The summed E-state index contributed by atoms with van der Waals surface area (Å²) in [7, 11) is -4.82. The number of rotatable bonds is 11.